The maximum absolute atomic E-state index is 12.2. The summed E-state index contributed by atoms with van der Waals surface area (Å²) in [5.41, 5.74) is 6.83. The fraction of sp³-hybridized carbons (Fsp3) is 0.533. The van der Waals surface area contributed by atoms with Crippen molar-refractivity contribution in [1.82, 2.24) is 9.80 Å². The molecule has 5 heteroatoms. The van der Waals surface area contributed by atoms with Crippen molar-refractivity contribution < 1.29 is 4.79 Å². The van der Waals surface area contributed by atoms with E-state index in [4.69, 9.17) is 5.73 Å². The monoisotopic (exact) mass is 297 g/mol. The number of carbonyl (C=O) groups excluding carboxylic acids is 1. The van der Waals surface area contributed by atoms with Gasteiger partial charge in [-0.15, -0.1) is 12.4 Å². The molecule has 1 aliphatic heterocycles. The Morgan fingerprint density at radius 2 is 2.10 bits per heavy atom. The van der Waals surface area contributed by atoms with E-state index in [0.29, 0.717) is 19.0 Å². The molecular formula is C15H24ClN3O. The average molecular weight is 298 g/mol. The Balaban J connectivity index is 0.00000200. The highest BCUT2D eigenvalue weighted by Crippen LogP contribution is 2.14. The normalized spacial score (nSPS) is 18.6. The topological polar surface area (TPSA) is 49.6 Å². The summed E-state index contributed by atoms with van der Waals surface area (Å²) in [6, 6.07) is 10.1. The molecule has 0 bridgehead atoms. The van der Waals surface area contributed by atoms with Crippen LogP contribution in [0.4, 0.5) is 0 Å². The standard InChI is InChI=1S/C15H23N3O.ClH/c1-17(10-13-5-3-2-4-6-13)15(19)12-18-8-7-14(9-16)11-18;/h2-6,14H,7-12,16H2,1H3;1H. The molecule has 1 atom stereocenters. The summed E-state index contributed by atoms with van der Waals surface area (Å²) < 4.78 is 0. The molecule has 0 aromatic heterocycles. The summed E-state index contributed by atoms with van der Waals surface area (Å²) in [4.78, 5) is 16.2. The van der Waals surface area contributed by atoms with Crippen molar-refractivity contribution in [3.63, 3.8) is 0 Å². The van der Waals surface area contributed by atoms with E-state index in [0.717, 1.165) is 26.1 Å². The number of hydrogen-bond donors (Lipinski definition) is 1. The van der Waals surface area contributed by atoms with Gasteiger partial charge in [-0.1, -0.05) is 30.3 Å². The van der Waals surface area contributed by atoms with Crippen molar-refractivity contribution in [2.24, 2.45) is 11.7 Å². The van der Waals surface area contributed by atoms with Gasteiger partial charge in [0.05, 0.1) is 6.54 Å². The molecule has 2 N–H and O–H groups in total. The number of nitrogens with zero attached hydrogens (tertiary/aromatic N) is 2. The zero-order valence-corrected chi connectivity index (χ0v) is 12.8. The van der Waals surface area contributed by atoms with Gasteiger partial charge >= 0.3 is 0 Å². The van der Waals surface area contributed by atoms with Crippen molar-refractivity contribution in [1.29, 1.82) is 0 Å². The van der Waals surface area contributed by atoms with Crippen LogP contribution in [0.2, 0.25) is 0 Å². The van der Waals surface area contributed by atoms with E-state index in [-0.39, 0.29) is 18.3 Å². The van der Waals surface area contributed by atoms with Crippen molar-refractivity contribution >= 4 is 18.3 Å². The Morgan fingerprint density at radius 3 is 2.70 bits per heavy atom. The quantitative estimate of drug-likeness (QED) is 0.892. The second-order valence-electron chi connectivity index (χ2n) is 5.36. The van der Waals surface area contributed by atoms with Gasteiger partial charge in [-0.25, -0.2) is 0 Å². The molecule has 4 nitrogen and oxygen atoms in total. The second-order valence-corrected chi connectivity index (χ2v) is 5.36. The van der Waals surface area contributed by atoms with E-state index in [1.165, 1.54) is 5.56 Å². The third-order valence-electron chi connectivity index (χ3n) is 3.75. The number of hydrogen-bond acceptors (Lipinski definition) is 3. The zero-order chi connectivity index (χ0) is 13.7. The van der Waals surface area contributed by atoms with Crippen LogP contribution in [-0.2, 0) is 11.3 Å². The predicted molar refractivity (Wildman–Crippen MR) is 83.8 cm³/mol. The SMILES string of the molecule is CN(Cc1ccccc1)C(=O)CN1CCC(CN)C1.Cl. The summed E-state index contributed by atoms with van der Waals surface area (Å²) in [6.45, 7) is 3.87. The van der Waals surface area contributed by atoms with E-state index in [2.05, 4.69) is 4.90 Å². The highest BCUT2D eigenvalue weighted by Gasteiger charge is 2.23. The summed E-state index contributed by atoms with van der Waals surface area (Å²) >= 11 is 0. The van der Waals surface area contributed by atoms with Crippen LogP contribution in [0.1, 0.15) is 12.0 Å². The Kier molecular flexibility index (Phi) is 6.99. The minimum atomic E-state index is 0. The fourth-order valence-electron chi connectivity index (χ4n) is 2.51. The summed E-state index contributed by atoms with van der Waals surface area (Å²) in [6.07, 6.45) is 1.12. The van der Waals surface area contributed by atoms with E-state index in [1.54, 1.807) is 4.90 Å². The van der Waals surface area contributed by atoms with Gasteiger partial charge in [0, 0.05) is 20.1 Å². The minimum absolute atomic E-state index is 0. The molecular weight excluding hydrogens is 274 g/mol. The Bertz CT molecular complexity index is 413. The zero-order valence-electron chi connectivity index (χ0n) is 12.0. The number of halogens is 1. The lowest BCUT2D eigenvalue weighted by Gasteiger charge is -2.21. The smallest absolute Gasteiger partial charge is 0.236 e. The van der Waals surface area contributed by atoms with Crippen molar-refractivity contribution in [3.8, 4) is 0 Å². The molecule has 0 spiro atoms. The lowest BCUT2D eigenvalue weighted by Crippen LogP contribution is -2.37. The number of amides is 1. The summed E-state index contributed by atoms with van der Waals surface area (Å²) in [5, 5.41) is 0. The molecule has 20 heavy (non-hydrogen) atoms. The first kappa shape index (κ1) is 17.0. The van der Waals surface area contributed by atoms with Crippen LogP contribution in [0, 0.1) is 5.92 Å². The highest BCUT2D eigenvalue weighted by molar-refractivity contribution is 5.85. The first-order chi connectivity index (χ1) is 9.19. The van der Waals surface area contributed by atoms with Gasteiger partial charge in [0.15, 0.2) is 0 Å². The molecule has 2 rings (SSSR count). The molecule has 1 heterocycles. The fourth-order valence-corrected chi connectivity index (χ4v) is 2.51. The van der Waals surface area contributed by atoms with E-state index < -0.39 is 0 Å². The minimum Gasteiger partial charge on any atom is -0.340 e. The molecule has 0 saturated carbocycles. The number of likely N-dealkylation sites (N-methyl/N-ethyl adjacent to an activating group) is 1. The maximum Gasteiger partial charge on any atom is 0.236 e. The van der Waals surface area contributed by atoms with Crippen LogP contribution in [-0.4, -0.2) is 48.9 Å². The first-order valence-corrected chi connectivity index (χ1v) is 6.89. The Morgan fingerprint density at radius 1 is 1.40 bits per heavy atom. The van der Waals surface area contributed by atoms with Crippen molar-refractivity contribution in [2.45, 2.75) is 13.0 Å². The van der Waals surface area contributed by atoms with Gasteiger partial charge in [0.1, 0.15) is 0 Å². The first-order valence-electron chi connectivity index (χ1n) is 6.89. The molecule has 1 amide bonds. The molecule has 112 valence electrons. The second kappa shape index (κ2) is 8.25. The molecule has 0 radical (unpaired) electrons. The number of nitrogens with two attached hydrogens (primary N) is 1. The largest absolute Gasteiger partial charge is 0.340 e. The Hall–Kier alpha value is -1.10. The molecule has 1 unspecified atom stereocenters. The van der Waals surface area contributed by atoms with Crippen LogP contribution in [0.3, 0.4) is 0 Å². The number of likely N-dealkylation sites (tertiary alicyclic amines) is 1. The highest BCUT2D eigenvalue weighted by atomic mass is 35.5. The van der Waals surface area contributed by atoms with E-state index >= 15 is 0 Å². The van der Waals surface area contributed by atoms with Crippen molar-refractivity contribution in [3.05, 3.63) is 35.9 Å². The molecule has 1 fully saturated rings. The maximum atomic E-state index is 12.2. The van der Waals surface area contributed by atoms with Gasteiger partial charge in [0.2, 0.25) is 5.91 Å². The van der Waals surface area contributed by atoms with Gasteiger partial charge < -0.3 is 10.6 Å². The lowest BCUT2D eigenvalue weighted by atomic mass is 10.1. The molecule has 1 aromatic rings. The molecule has 1 aliphatic rings. The number of benzene rings is 1. The molecule has 0 aliphatic carbocycles. The summed E-state index contributed by atoms with van der Waals surface area (Å²) in [7, 11) is 1.87. The van der Waals surface area contributed by atoms with Crippen LogP contribution >= 0.6 is 12.4 Å². The van der Waals surface area contributed by atoms with Gasteiger partial charge in [-0.2, -0.15) is 0 Å². The summed E-state index contributed by atoms with van der Waals surface area (Å²) in [5.74, 6) is 0.744. The van der Waals surface area contributed by atoms with E-state index in [1.807, 2.05) is 37.4 Å². The van der Waals surface area contributed by atoms with Crippen LogP contribution in [0.15, 0.2) is 30.3 Å². The molecule has 1 saturated heterocycles. The average Bonchev–Trinajstić information content (AvgIpc) is 2.87. The number of carbonyl (C=O) groups is 1. The number of rotatable bonds is 5. The van der Waals surface area contributed by atoms with Crippen LogP contribution in [0.25, 0.3) is 0 Å². The van der Waals surface area contributed by atoms with Crippen molar-refractivity contribution in [2.75, 3.05) is 33.2 Å². The third kappa shape index (κ3) is 4.78. The lowest BCUT2D eigenvalue weighted by molar-refractivity contribution is -0.131. The van der Waals surface area contributed by atoms with Gasteiger partial charge in [-0.3, -0.25) is 9.69 Å². The van der Waals surface area contributed by atoms with Crippen LogP contribution in [0.5, 0.6) is 0 Å². The third-order valence-corrected chi connectivity index (χ3v) is 3.75. The predicted octanol–water partition coefficient (Wildman–Crippen LogP) is 1.35. The van der Waals surface area contributed by atoms with Crippen LogP contribution < -0.4 is 5.73 Å². The molecule has 1 aromatic carbocycles. The Labute approximate surface area is 127 Å². The van der Waals surface area contributed by atoms with Gasteiger partial charge in [0.25, 0.3) is 0 Å². The van der Waals surface area contributed by atoms with E-state index in [9.17, 15) is 4.79 Å². The van der Waals surface area contributed by atoms with Gasteiger partial charge in [-0.05, 0) is 31.0 Å².